The van der Waals surface area contributed by atoms with Gasteiger partial charge in [0.15, 0.2) is 0 Å². The standard InChI is InChI=1S/C20H22N2O6S/c1-27-20(24)18-13-22(16-10-6-7-11-17(16)28-18)19(23)14-21(29(2,25)26)12-15-8-4-3-5-9-15/h3-11,18H,12-14H2,1-2H3/t18-/m1/s1. The summed E-state index contributed by atoms with van der Waals surface area (Å²) in [7, 11) is -2.41. The van der Waals surface area contributed by atoms with Crippen LogP contribution in [0.1, 0.15) is 5.56 Å². The third kappa shape index (κ3) is 4.93. The Morgan fingerprint density at radius 2 is 1.79 bits per heavy atom. The molecule has 1 aliphatic rings. The number of hydrogen-bond donors (Lipinski definition) is 0. The summed E-state index contributed by atoms with van der Waals surface area (Å²) < 4.78 is 36.0. The number of anilines is 1. The van der Waals surface area contributed by atoms with Crippen LogP contribution < -0.4 is 9.64 Å². The number of benzene rings is 2. The molecular weight excluding hydrogens is 396 g/mol. The number of carbonyl (C=O) groups excluding carboxylic acids is 2. The van der Waals surface area contributed by atoms with Crippen LogP contribution in [0.2, 0.25) is 0 Å². The molecule has 1 heterocycles. The number of methoxy groups -OCH3 is 1. The Morgan fingerprint density at radius 1 is 1.14 bits per heavy atom. The number of fused-ring (bicyclic) bond motifs is 1. The van der Waals surface area contributed by atoms with Gasteiger partial charge in [-0.3, -0.25) is 4.79 Å². The van der Waals surface area contributed by atoms with Crippen LogP contribution in [0.15, 0.2) is 54.6 Å². The van der Waals surface area contributed by atoms with Gasteiger partial charge in [-0.2, -0.15) is 4.31 Å². The van der Waals surface area contributed by atoms with Gasteiger partial charge in [0.05, 0.1) is 32.1 Å². The summed E-state index contributed by atoms with van der Waals surface area (Å²) in [4.78, 5) is 26.4. The molecule has 1 aliphatic heterocycles. The molecule has 3 rings (SSSR count). The summed E-state index contributed by atoms with van der Waals surface area (Å²) in [6.45, 7) is -0.362. The van der Waals surface area contributed by atoms with Crippen molar-refractivity contribution in [3.63, 3.8) is 0 Å². The molecule has 154 valence electrons. The van der Waals surface area contributed by atoms with Gasteiger partial charge in [0.2, 0.25) is 22.0 Å². The van der Waals surface area contributed by atoms with Gasteiger partial charge < -0.3 is 14.4 Å². The highest BCUT2D eigenvalue weighted by Gasteiger charge is 2.35. The average molecular weight is 418 g/mol. The highest BCUT2D eigenvalue weighted by Crippen LogP contribution is 2.33. The summed E-state index contributed by atoms with van der Waals surface area (Å²) in [5.41, 5.74) is 1.24. The molecule has 9 heteroatoms. The topological polar surface area (TPSA) is 93.2 Å². The van der Waals surface area contributed by atoms with Gasteiger partial charge in [0.25, 0.3) is 0 Å². The summed E-state index contributed by atoms with van der Waals surface area (Å²) in [6.07, 6.45) is 0.0768. The molecule has 8 nitrogen and oxygen atoms in total. The maximum Gasteiger partial charge on any atom is 0.348 e. The first-order chi connectivity index (χ1) is 13.8. The Labute approximate surface area is 169 Å². The summed E-state index contributed by atoms with van der Waals surface area (Å²) in [5.74, 6) is -0.714. The van der Waals surface area contributed by atoms with Gasteiger partial charge in [-0.15, -0.1) is 0 Å². The van der Waals surface area contributed by atoms with E-state index in [4.69, 9.17) is 9.47 Å². The normalized spacial score (nSPS) is 16.1. The lowest BCUT2D eigenvalue weighted by molar-refractivity contribution is -0.148. The third-order valence-electron chi connectivity index (χ3n) is 4.52. The maximum absolute atomic E-state index is 13.1. The SMILES string of the molecule is COC(=O)[C@H]1CN(C(=O)CN(Cc2ccccc2)S(C)(=O)=O)c2ccccc2O1. The molecule has 0 bridgehead atoms. The molecule has 0 N–H and O–H groups in total. The first kappa shape index (κ1) is 20.8. The zero-order valence-electron chi connectivity index (χ0n) is 16.1. The van der Waals surface area contributed by atoms with E-state index in [2.05, 4.69) is 0 Å². The fourth-order valence-corrected chi connectivity index (χ4v) is 3.77. The number of amides is 1. The van der Waals surface area contributed by atoms with E-state index in [-0.39, 0.29) is 19.6 Å². The van der Waals surface area contributed by atoms with Crippen molar-refractivity contribution in [1.29, 1.82) is 0 Å². The number of rotatable bonds is 6. The van der Waals surface area contributed by atoms with Crippen molar-refractivity contribution in [2.45, 2.75) is 12.6 Å². The number of carbonyl (C=O) groups is 2. The van der Waals surface area contributed by atoms with E-state index in [0.717, 1.165) is 16.1 Å². The van der Waals surface area contributed by atoms with Crippen molar-refractivity contribution in [1.82, 2.24) is 4.31 Å². The molecule has 1 amide bonds. The minimum absolute atomic E-state index is 0.0640. The van der Waals surface area contributed by atoms with E-state index < -0.39 is 28.0 Å². The molecule has 0 aliphatic carbocycles. The zero-order chi connectivity index (χ0) is 21.0. The largest absolute Gasteiger partial charge is 0.475 e. The number of ether oxygens (including phenoxy) is 2. The minimum Gasteiger partial charge on any atom is -0.475 e. The van der Waals surface area contributed by atoms with E-state index >= 15 is 0 Å². The van der Waals surface area contributed by atoms with Crippen LogP contribution in [-0.4, -0.2) is 57.2 Å². The monoisotopic (exact) mass is 418 g/mol. The molecule has 29 heavy (non-hydrogen) atoms. The molecule has 0 spiro atoms. The lowest BCUT2D eigenvalue weighted by Crippen LogP contribution is -2.50. The second-order valence-corrected chi connectivity index (χ2v) is 8.60. The first-order valence-corrected chi connectivity index (χ1v) is 10.8. The minimum atomic E-state index is -3.65. The molecule has 1 atom stereocenters. The van der Waals surface area contributed by atoms with Crippen LogP contribution in [0, 0.1) is 0 Å². The second kappa shape index (κ2) is 8.62. The van der Waals surface area contributed by atoms with Crippen molar-refractivity contribution in [3.05, 3.63) is 60.2 Å². The highest BCUT2D eigenvalue weighted by molar-refractivity contribution is 7.88. The first-order valence-electron chi connectivity index (χ1n) is 8.92. The third-order valence-corrected chi connectivity index (χ3v) is 5.72. The number of hydrogen-bond acceptors (Lipinski definition) is 6. The van der Waals surface area contributed by atoms with E-state index in [1.807, 2.05) is 6.07 Å². The number of esters is 1. The Kier molecular flexibility index (Phi) is 6.19. The molecule has 0 radical (unpaired) electrons. The molecule has 0 unspecified atom stereocenters. The molecule has 2 aromatic carbocycles. The Morgan fingerprint density at radius 3 is 2.45 bits per heavy atom. The second-order valence-electron chi connectivity index (χ2n) is 6.62. The van der Waals surface area contributed by atoms with Crippen LogP contribution in [0.25, 0.3) is 0 Å². The predicted molar refractivity (Wildman–Crippen MR) is 107 cm³/mol. The summed E-state index contributed by atoms with van der Waals surface area (Å²) in [6, 6.07) is 15.8. The fourth-order valence-electron chi connectivity index (χ4n) is 3.04. The van der Waals surface area contributed by atoms with E-state index in [9.17, 15) is 18.0 Å². The molecular formula is C20H22N2O6S. The smallest absolute Gasteiger partial charge is 0.348 e. The molecule has 0 aromatic heterocycles. The van der Waals surface area contributed by atoms with Crippen LogP contribution in [0.4, 0.5) is 5.69 Å². The van der Waals surface area contributed by atoms with Gasteiger partial charge in [0.1, 0.15) is 5.75 Å². The average Bonchev–Trinajstić information content (AvgIpc) is 2.71. The summed E-state index contributed by atoms with van der Waals surface area (Å²) >= 11 is 0. The van der Waals surface area contributed by atoms with Crippen molar-refractivity contribution in [2.24, 2.45) is 0 Å². The molecule has 0 saturated heterocycles. The van der Waals surface area contributed by atoms with Gasteiger partial charge in [-0.25, -0.2) is 13.2 Å². The van der Waals surface area contributed by atoms with Crippen molar-refractivity contribution in [2.75, 3.05) is 31.4 Å². The Bertz CT molecular complexity index is 993. The van der Waals surface area contributed by atoms with Gasteiger partial charge in [-0.05, 0) is 17.7 Å². The van der Waals surface area contributed by atoms with Crippen molar-refractivity contribution < 1.29 is 27.5 Å². The van der Waals surface area contributed by atoms with Crippen molar-refractivity contribution >= 4 is 27.6 Å². The number of para-hydroxylation sites is 2. The molecule has 2 aromatic rings. The van der Waals surface area contributed by atoms with E-state index in [1.54, 1.807) is 48.5 Å². The van der Waals surface area contributed by atoms with E-state index in [1.165, 1.54) is 12.0 Å². The lowest BCUT2D eigenvalue weighted by atomic mass is 10.2. The van der Waals surface area contributed by atoms with Crippen LogP contribution in [0.5, 0.6) is 5.75 Å². The predicted octanol–water partition coefficient (Wildman–Crippen LogP) is 1.42. The van der Waals surface area contributed by atoms with Crippen LogP contribution in [-0.2, 0) is 30.9 Å². The van der Waals surface area contributed by atoms with Crippen molar-refractivity contribution in [3.8, 4) is 5.75 Å². The van der Waals surface area contributed by atoms with Gasteiger partial charge in [0, 0.05) is 6.54 Å². The fraction of sp³-hybridized carbons (Fsp3) is 0.300. The zero-order valence-corrected chi connectivity index (χ0v) is 17.0. The molecule has 0 fully saturated rings. The Hall–Kier alpha value is -2.91. The molecule has 0 saturated carbocycles. The summed E-state index contributed by atoms with van der Waals surface area (Å²) in [5, 5.41) is 0. The van der Waals surface area contributed by atoms with Crippen LogP contribution in [0.3, 0.4) is 0 Å². The quantitative estimate of drug-likeness (QED) is 0.659. The van der Waals surface area contributed by atoms with Gasteiger partial charge >= 0.3 is 5.97 Å². The Balaban J connectivity index is 1.86. The van der Waals surface area contributed by atoms with Crippen LogP contribution >= 0.6 is 0 Å². The maximum atomic E-state index is 13.1. The number of sulfonamides is 1. The van der Waals surface area contributed by atoms with Gasteiger partial charge in [-0.1, -0.05) is 42.5 Å². The lowest BCUT2D eigenvalue weighted by Gasteiger charge is -2.34. The number of nitrogens with zero attached hydrogens (tertiary/aromatic N) is 2. The van der Waals surface area contributed by atoms with E-state index in [0.29, 0.717) is 11.4 Å². The highest BCUT2D eigenvalue weighted by atomic mass is 32.2.